The van der Waals surface area contributed by atoms with Gasteiger partial charge in [0.15, 0.2) is 5.69 Å². The summed E-state index contributed by atoms with van der Waals surface area (Å²) < 4.78 is 10.4. The van der Waals surface area contributed by atoms with Crippen LogP contribution >= 0.6 is 15.9 Å². The zero-order valence-electron chi connectivity index (χ0n) is 12.9. The van der Waals surface area contributed by atoms with Crippen molar-refractivity contribution < 1.29 is 9.53 Å². The van der Waals surface area contributed by atoms with Crippen LogP contribution in [0.5, 0.6) is 5.75 Å². The fraction of sp³-hybridized carbons (Fsp3) is 0.188. The van der Waals surface area contributed by atoms with Crippen LogP contribution in [0.25, 0.3) is 22.6 Å². The summed E-state index contributed by atoms with van der Waals surface area (Å²) in [4.78, 5) is 16.5. The molecular formula is C16H14BrN5O2. The Kier molecular flexibility index (Phi) is 3.42. The molecule has 8 heteroatoms. The summed E-state index contributed by atoms with van der Waals surface area (Å²) in [5.74, 6) is 0.832. The van der Waals surface area contributed by atoms with Gasteiger partial charge in [0.05, 0.1) is 24.0 Å². The number of carbonyl (C=O) groups excluding carboxylic acids is 1. The highest BCUT2D eigenvalue weighted by Gasteiger charge is 2.27. The molecule has 122 valence electrons. The monoisotopic (exact) mass is 387 g/mol. The molecule has 0 fully saturated rings. The van der Waals surface area contributed by atoms with E-state index in [1.54, 1.807) is 10.9 Å². The highest BCUT2D eigenvalue weighted by atomic mass is 79.9. The molecule has 0 bridgehead atoms. The van der Waals surface area contributed by atoms with Gasteiger partial charge in [-0.3, -0.25) is 9.48 Å². The van der Waals surface area contributed by atoms with Crippen LogP contribution in [0, 0.1) is 0 Å². The summed E-state index contributed by atoms with van der Waals surface area (Å²) in [6.07, 6.45) is 3.54. The lowest BCUT2D eigenvalue weighted by molar-refractivity contribution is 0.0996. The molecule has 0 unspecified atom stereocenters. The maximum atomic E-state index is 12.0. The van der Waals surface area contributed by atoms with Crippen molar-refractivity contribution in [2.24, 2.45) is 12.8 Å². The van der Waals surface area contributed by atoms with Gasteiger partial charge in [-0.1, -0.05) is 15.9 Å². The lowest BCUT2D eigenvalue weighted by Gasteiger charge is -2.07. The maximum absolute atomic E-state index is 12.0. The SMILES string of the molecule is Cn1cc(-c2c(C(N)=O)nc3n2CCOc2ccc(Br)cc2-3)cn1. The number of aromatic nitrogens is 4. The van der Waals surface area contributed by atoms with E-state index in [0.29, 0.717) is 24.7 Å². The normalized spacial score (nSPS) is 12.9. The third-order valence-corrected chi connectivity index (χ3v) is 4.43. The van der Waals surface area contributed by atoms with Crippen molar-refractivity contribution in [3.8, 4) is 28.4 Å². The number of hydrogen-bond donors (Lipinski definition) is 1. The molecule has 0 atom stereocenters. The molecule has 3 heterocycles. The van der Waals surface area contributed by atoms with E-state index in [1.165, 1.54) is 0 Å². The second-order valence-corrected chi connectivity index (χ2v) is 6.46. The molecular weight excluding hydrogens is 374 g/mol. The average molecular weight is 388 g/mol. The first kappa shape index (κ1) is 14.9. The first-order chi connectivity index (χ1) is 11.5. The molecule has 0 saturated heterocycles. The summed E-state index contributed by atoms with van der Waals surface area (Å²) in [7, 11) is 1.82. The number of amides is 1. The van der Waals surface area contributed by atoms with Gasteiger partial charge in [-0.25, -0.2) is 4.98 Å². The predicted molar refractivity (Wildman–Crippen MR) is 91.6 cm³/mol. The topological polar surface area (TPSA) is 88.0 Å². The second-order valence-electron chi connectivity index (χ2n) is 5.54. The van der Waals surface area contributed by atoms with Gasteiger partial charge in [-0.05, 0) is 18.2 Å². The fourth-order valence-corrected chi connectivity index (χ4v) is 3.29. The first-order valence-corrected chi connectivity index (χ1v) is 8.16. The molecule has 0 radical (unpaired) electrons. The Hall–Kier alpha value is -2.61. The van der Waals surface area contributed by atoms with Crippen LogP contribution in [0.2, 0.25) is 0 Å². The molecule has 2 aromatic heterocycles. The Bertz CT molecular complexity index is 960. The number of aryl methyl sites for hydroxylation is 1. The van der Waals surface area contributed by atoms with Crippen molar-refractivity contribution in [1.29, 1.82) is 0 Å². The van der Waals surface area contributed by atoms with Gasteiger partial charge in [0.2, 0.25) is 0 Å². The van der Waals surface area contributed by atoms with Crippen molar-refractivity contribution in [3.05, 3.63) is 40.8 Å². The number of rotatable bonds is 2. The zero-order valence-corrected chi connectivity index (χ0v) is 14.4. The molecule has 0 spiro atoms. The molecule has 2 N–H and O–H groups in total. The Morgan fingerprint density at radius 1 is 1.42 bits per heavy atom. The molecule has 0 saturated carbocycles. The van der Waals surface area contributed by atoms with Crippen LogP contribution in [0.1, 0.15) is 10.5 Å². The van der Waals surface area contributed by atoms with Gasteiger partial charge in [0, 0.05) is 23.3 Å². The van der Waals surface area contributed by atoms with E-state index in [0.717, 1.165) is 21.3 Å². The molecule has 0 aliphatic carbocycles. The highest BCUT2D eigenvalue weighted by molar-refractivity contribution is 9.10. The van der Waals surface area contributed by atoms with Crippen molar-refractivity contribution in [2.75, 3.05) is 6.61 Å². The number of nitrogens with zero attached hydrogens (tertiary/aromatic N) is 4. The summed E-state index contributed by atoms with van der Waals surface area (Å²) in [6.45, 7) is 1.04. The van der Waals surface area contributed by atoms with Gasteiger partial charge in [0.1, 0.15) is 18.2 Å². The van der Waals surface area contributed by atoms with Crippen molar-refractivity contribution >= 4 is 21.8 Å². The van der Waals surface area contributed by atoms with E-state index < -0.39 is 5.91 Å². The smallest absolute Gasteiger partial charge is 0.269 e. The van der Waals surface area contributed by atoms with Gasteiger partial charge in [-0.2, -0.15) is 5.10 Å². The maximum Gasteiger partial charge on any atom is 0.269 e. The molecule has 24 heavy (non-hydrogen) atoms. The number of carbonyl (C=O) groups is 1. The number of nitrogens with two attached hydrogens (primary N) is 1. The zero-order chi connectivity index (χ0) is 16.8. The molecule has 1 amide bonds. The predicted octanol–water partition coefficient (Wildman–Crippen LogP) is 2.20. The van der Waals surface area contributed by atoms with E-state index in [2.05, 4.69) is 26.0 Å². The number of benzene rings is 1. The third kappa shape index (κ3) is 2.30. The molecule has 1 aliphatic heterocycles. The largest absolute Gasteiger partial charge is 0.491 e. The van der Waals surface area contributed by atoms with Crippen LogP contribution in [-0.2, 0) is 13.6 Å². The summed E-state index contributed by atoms with van der Waals surface area (Å²) >= 11 is 3.47. The Labute approximate surface area is 146 Å². The lowest BCUT2D eigenvalue weighted by Crippen LogP contribution is -2.14. The Balaban J connectivity index is 2.02. The van der Waals surface area contributed by atoms with Crippen LogP contribution in [0.15, 0.2) is 35.1 Å². The number of halogens is 1. The Morgan fingerprint density at radius 3 is 2.96 bits per heavy atom. The minimum absolute atomic E-state index is 0.242. The van der Waals surface area contributed by atoms with Crippen molar-refractivity contribution in [1.82, 2.24) is 19.3 Å². The van der Waals surface area contributed by atoms with E-state index >= 15 is 0 Å². The number of imidazole rings is 1. The molecule has 3 aromatic rings. The van der Waals surface area contributed by atoms with Crippen molar-refractivity contribution in [2.45, 2.75) is 6.54 Å². The number of primary amides is 1. The molecule has 1 aliphatic rings. The lowest BCUT2D eigenvalue weighted by atomic mass is 10.2. The summed E-state index contributed by atoms with van der Waals surface area (Å²) in [6, 6.07) is 5.73. The fourth-order valence-electron chi connectivity index (χ4n) is 2.93. The molecule has 7 nitrogen and oxygen atoms in total. The van der Waals surface area contributed by atoms with Gasteiger partial charge >= 0.3 is 0 Å². The minimum atomic E-state index is -0.563. The van der Waals surface area contributed by atoms with Crippen LogP contribution in [-0.4, -0.2) is 31.8 Å². The third-order valence-electron chi connectivity index (χ3n) is 3.93. The number of ether oxygens (including phenoxy) is 1. The van der Waals surface area contributed by atoms with Crippen molar-refractivity contribution in [3.63, 3.8) is 0 Å². The standard InChI is InChI=1S/C16H14BrN5O2/c1-21-8-9(7-19-21)14-13(15(18)23)20-16-11-6-10(17)2-3-12(11)24-5-4-22(14)16/h2-3,6-8H,4-5H2,1H3,(H2,18,23). The quantitative estimate of drug-likeness (QED) is 0.729. The summed E-state index contributed by atoms with van der Waals surface area (Å²) in [5, 5.41) is 4.19. The first-order valence-electron chi connectivity index (χ1n) is 7.36. The number of hydrogen-bond acceptors (Lipinski definition) is 4. The molecule has 4 rings (SSSR count). The summed E-state index contributed by atoms with van der Waals surface area (Å²) in [5.41, 5.74) is 8.10. The van der Waals surface area contributed by atoms with Gasteiger partial charge in [0.25, 0.3) is 5.91 Å². The second kappa shape index (κ2) is 5.48. The average Bonchev–Trinajstić information content (AvgIpc) is 3.08. The van der Waals surface area contributed by atoms with Crippen LogP contribution in [0.3, 0.4) is 0 Å². The van der Waals surface area contributed by atoms with Crippen LogP contribution < -0.4 is 10.5 Å². The highest BCUT2D eigenvalue weighted by Crippen LogP contribution is 2.37. The van der Waals surface area contributed by atoms with Crippen LogP contribution in [0.4, 0.5) is 0 Å². The van der Waals surface area contributed by atoms with E-state index in [1.807, 2.05) is 36.0 Å². The van der Waals surface area contributed by atoms with Gasteiger partial charge in [-0.15, -0.1) is 0 Å². The Morgan fingerprint density at radius 2 is 2.25 bits per heavy atom. The van der Waals surface area contributed by atoms with E-state index in [9.17, 15) is 4.79 Å². The van der Waals surface area contributed by atoms with Gasteiger partial charge < -0.3 is 15.0 Å². The number of fused-ring (bicyclic) bond motifs is 3. The van der Waals surface area contributed by atoms with E-state index in [-0.39, 0.29) is 5.69 Å². The van der Waals surface area contributed by atoms with E-state index in [4.69, 9.17) is 10.5 Å². The minimum Gasteiger partial charge on any atom is -0.491 e. The molecule has 1 aromatic carbocycles.